The van der Waals surface area contributed by atoms with Crippen LogP contribution >= 0.6 is 0 Å². The van der Waals surface area contributed by atoms with Gasteiger partial charge in [0.05, 0.1) is 18.8 Å². The molecule has 1 fully saturated rings. The van der Waals surface area contributed by atoms with Crippen LogP contribution in [0.1, 0.15) is 35.8 Å². The number of nitrogens with zero attached hydrogens (tertiary/aromatic N) is 2. The summed E-state index contributed by atoms with van der Waals surface area (Å²) in [6, 6.07) is 5.71. The zero-order valence-electron chi connectivity index (χ0n) is 13.1. The maximum atomic E-state index is 11.2. The van der Waals surface area contributed by atoms with Crippen molar-refractivity contribution in [2.75, 3.05) is 26.3 Å². The number of aromatic nitrogens is 1. The Morgan fingerprint density at radius 3 is 2.68 bits per heavy atom. The fourth-order valence-electron chi connectivity index (χ4n) is 3.01. The second-order valence-corrected chi connectivity index (χ2v) is 6.08. The molecule has 0 saturated carbocycles. The molecule has 22 heavy (non-hydrogen) atoms. The minimum Gasteiger partial charge on any atom is -0.478 e. The summed E-state index contributed by atoms with van der Waals surface area (Å²) in [6.45, 7) is 8.57. The number of benzene rings is 1. The van der Waals surface area contributed by atoms with Crippen LogP contribution in [0.3, 0.4) is 0 Å². The van der Waals surface area contributed by atoms with Crippen LogP contribution in [0.5, 0.6) is 0 Å². The Morgan fingerprint density at radius 1 is 1.32 bits per heavy atom. The lowest BCUT2D eigenvalue weighted by atomic mass is 10.1. The Morgan fingerprint density at radius 2 is 2.05 bits per heavy atom. The van der Waals surface area contributed by atoms with Gasteiger partial charge in [0, 0.05) is 42.8 Å². The predicted molar refractivity (Wildman–Crippen MR) is 85.4 cm³/mol. The van der Waals surface area contributed by atoms with Crippen molar-refractivity contribution in [2.24, 2.45) is 0 Å². The Hall–Kier alpha value is -1.85. The van der Waals surface area contributed by atoms with E-state index in [9.17, 15) is 9.90 Å². The van der Waals surface area contributed by atoms with Gasteiger partial charge in [-0.15, -0.1) is 0 Å². The molecule has 0 radical (unpaired) electrons. The summed E-state index contributed by atoms with van der Waals surface area (Å²) in [5.74, 6) is -0.881. The second-order valence-electron chi connectivity index (χ2n) is 6.08. The van der Waals surface area contributed by atoms with Gasteiger partial charge in [-0.25, -0.2) is 4.79 Å². The molecule has 2 aromatic rings. The Bertz CT molecular complexity index is 685. The highest BCUT2D eigenvalue weighted by atomic mass is 16.5. The molecule has 5 heteroatoms. The molecule has 2 heterocycles. The average Bonchev–Trinajstić information content (AvgIpc) is 2.86. The number of morpholine rings is 1. The van der Waals surface area contributed by atoms with Gasteiger partial charge in [-0.2, -0.15) is 0 Å². The first-order chi connectivity index (χ1) is 10.6. The topological polar surface area (TPSA) is 54.7 Å². The molecule has 1 aliphatic heterocycles. The third-order valence-electron chi connectivity index (χ3n) is 4.22. The Balaban J connectivity index is 2.00. The summed E-state index contributed by atoms with van der Waals surface area (Å²) < 4.78 is 7.56. The molecule has 0 unspecified atom stereocenters. The van der Waals surface area contributed by atoms with E-state index in [1.54, 1.807) is 12.1 Å². The van der Waals surface area contributed by atoms with Gasteiger partial charge >= 0.3 is 5.97 Å². The minimum atomic E-state index is -0.881. The molecule has 0 spiro atoms. The lowest BCUT2D eigenvalue weighted by Gasteiger charge is -2.26. The van der Waals surface area contributed by atoms with E-state index < -0.39 is 5.97 Å². The van der Waals surface area contributed by atoms with E-state index in [0.717, 1.165) is 43.8 Å². The average molecular weight is 302 g/mol. The van der Waals surface area contributed by atoms with Gasteiger partial charge in [0.2, 0.25) is 0 Å². The third kappa shape index (κ3) is 2.87. The van der Waals surface area contributed by atoms with Gasteiger partial charge in [-0.05, 0) is 31.5 Å². The van der Waals surface area contributed by atoms with Crippen molar-refractivity contribution in [1.82, 2.24) is 9.47 Å². The third-order valence-corrected chi connectivity index (χ3v) is 4.22. The zero-order valence-corrected chi connectivity index (χ0v) is 13.1. The molecule has 1 aromatic carbocycles. The van der Waals surface area contributed by atoms with E-state index in [0.29, 0.717) is 11.6 Å². The standard InChI is InChI=1S/C17H22N2O3/c1-12(2)19-11-14(10-18-5-7-22-8-6-18)15-4-3-13(17(20)21)9-16(15)19/h3-4,9,11-12H,5-8,10H2,1-2H3,(H,20,21). The number of aromatic carboxylic acids is 1. The van der Waals surface area contributed by atoms with Crippen molar-refractivity contribution in [2.45, 2.75) is 26.4 Å². The van der Waals surface area contributed by atoms with Crippen molar-refractivity contribution in [3.05, 3.63) is 35.5 Å². The Labute approximate surface area is 130 Å². The number of hydrogen-bond acceptors (Lipinski definition) is 3. The van der Waals surface area contributed by atoms with E-state index in [1.165, 1.54) is 5.56 Å². The van der Waals surface area contributed by atoms with Crippen LogP contribution in [0.2, 0.25) is 0 Å². The molecule has 1 N–H and O–H groups in total. The van der Waals surface area contributed by atoms with Gasteiger partial charge < -0.3 is 14.4 Å². The van der Waals surface area contributed by atoms with E-state index in [4.69, 9.17) is 4.74 Å². The van der Waals surface area contributed by atoms with Crippen LogP contribution in [-0.4, -0.2) is 46.8 Å². The quantitative estimate of drug-likeness (QED) is 0.943. The molecule has 1 aromatic heterocycles. The molecule has 118 valence electrons. The smallest absolute Gasteiger partial charge is 0.335 e. The maximum Gasteiger partial charge on any atom is 0.335 e. The monoisotopic (exact) mass is 302 g/mol. The van der Waals surface area contributed by atoms with Gasteiger partial charge in [-0.3, -0.25) is 4.90 Å². The number of ether oxygens (including phenoxy) is 1. The van der Waals surface area contributed by atoms with Crippen molar-refractivity contribution >= 4 is 16.9 Å². The predicted octanol–water partition coefficient (Wildman–Crippen LogP) is 2.75. The number of hydrogen-bond donors (Lipinski definition) is 1. The van der Waals surface area contributed by atoms with E-state index >= 15 is 0 Å². The molecule has 1 saturated heterocycles. The molecule has 0 aliphatic carbocycles. The fourth-order valence-corrected chi connectivity index (χ4v) is 3.01. The highest BCUT2D eigenvalue weighted by molar-refractivity contribution is 5.94. The van der Waals surface area contributed by atoms with Crippen LogP contribution in [-0.2, 0) is 11.3 Å². The highest BCUT2D eigenvalue weighted by Crippen LogP contribution is 2.27. The summed E-state index contributed by atoms with van der Waals surface area (Å²) in [5, 5.41) is 10.4. The van der Waals surface area contributed by atoms with Crippen LogP contribution < -0.4 is 0 Å². The largest absolute Gasteiger partial charge is 0.478 e. The SMILES string of the molecule is CC(C)n1cc(CN2CCOCC2)c2ccc(C(=O)O)cc21. The van der Waals surface area contributed by atoms with E-state index in [2.05, 4.69) is 29.5 Å². The molecule has 0 atom stereocenters. The molecular formula is C17H22N2O3. The van der Waals surface area contributed by atoms with Crippen LogP contribution in [0.4, 0.5) is 0 Å². The zero-order chi connectivity index (χ0) is 15.7. The molecule has 0 amide bonds. The second kappa shape index (κ2) is 6.10. The van der Waals surface area contributed by atoms with Crippen LogP contribution in [0.15, 0.2) is 24.4 Å². The number of carbonyl (C=O) groups is 1. The fraction of sp³-hybridized carbons (Fsp3) is 0.471. The van der Waals surface area contributed by atoms with Crippen molar-refractivity contribution in [3.8, 4) is 0 Å². The first-order valence-electron chi connectivity index (χ1n) is 7.73. The lowest BCUT2D eigenvalue weighted by molar-refractivity contribution is 0.0343. The molecular weight excluding hydrogens is 280 g/mol. The summed E-state index contributed by atoms with van der Waals surface area (Å²) in [7, 11) is 0. The lowest BCUT2D eigenvalue weighted by Crippen LogP contribution is -2.35. The normalized spacial score (nSPS) is 16.5. The molecule has 3 rings (SSSR count). The molecule has 5 nitrogen and oxygen atoms in total. The van der Waals surface area contributed by atoms with Crippen molar-refractivity contribution in [1.29, 1.82) is 0 Å². The van der Waals surface area contributed by atoms with Crippen LogP contribution in [0.25, 0.3) is 10.9 Å². The van der Waals surface area contributed by atoms with E-state index in [-0.39, 0.29) is 0 Å². The van der Waals surface area contributed by atoms with Crippen molar-refractivity contribution < 1.29 is 14.6 Å². The Kier molecular flexibility index (Phi) is 4.18. The van der Waals surface area contributed by atoms with E-state index in [1.807, 2.05) is 6.07 Å². The van der Waals surface area contributed by atoms with Gasteiger partial charge in [0.15, 0.2) is 0 Å². The first kappa shape index (κ1) is 15.1. The number of carboxylic acids is 1. The summed E-state index contributed by atoms with van der Waals surface area (Å²) in [4.78, 5) is 13.6. The van der Waals surface area contributed by atoms with Crippen LogP contribution in [0, 0.1) is 0 Å². The molecule has 0 bridgehead atoms. The van der Waals surface area contributed by atoms with Gasteiger partial charge in [0.25, 0.3) is 0 Å². The first-order valence-corrected chi connectivity index (χ1v) is 7.73. The molecule has 1 aliphatic rings. The van der Waals surface area contributed by atoms with Gasteiger partial charge in [0.1, 0.15) is 0 Å². The highest BCUT2D eigenvalue weighted by Gasteiger charge is 2.17. The number of carboxylic acid groups (broad SMARTS) is 1. The number of fused-ring (bicyclic) bond motifs is 1. The summed E-state index contributed by atoms with van der Waals surface area (Å²) in [6.07, 6.45) is 2.16. The minimum absolute atomic E-state index is 0.296. The van der Waals surface area contributed by atoms with Crippen molar-refractivity contribution in [3.63, 3.8) is 0 Å². The summed E-state index contributed by atoms with van der Waals surface area (Å²) in [5.41, 5.74) is 2.59. The maximum absolute atomic E-state index is 11.2. The van der Waals surface area contributed by atoms with Gasteiger partial charge in [-0.1, -0.05) is 6.07 Å². The summed E-state index contributed by atoms with van der Waals surface area (Å²) >= 11 is 0. The number of rotatable bonds is 4.